The number of ketones is 1. The SMILES string of the molecule is COC(=O)[C@H]1CC[C@@H]2[C@]1(C)CC[C@H]1[C@@]23CC[C@]2(O)CC(=O)CC[C@]12[C@@H](OC)O3. The quantitative estimate of drug-likeness (QED) is 0.728. The highest BCUT2D eigenvalue weighted by atomic mass is 16.7. The van der Waals surface area contributed by atoms with Crippen LogP contribution in [0, 0.1) is 28.6 Å². The number of carbonyl (C=O) groups is 2. The van der Waals surface area contributed by atoms with Gasteiger partial charge >= 0.3 is 5.97 Å². The maximum Gasteiger partial charge on any atom is 0.309 e. The Balaban J connectivity index is 1.60. The van der Waals surface area contributed by atoms with Gasteiger partial charge in [-0.1, -0.05) is 6.92 Å². The molecule has 0 aromatic heterocycles. The Labute approximate surface area is 166 Å². The van der Waals surface area contributed by atoms with Crippen LogP contribution in [-0.2, 0) is 23.8 Å². The summed E-state index contributed by atoms with van der Waals surface area (Å²) in [7, 11) is 3.13. The molecule has 6 nitrogen and oxygen atoms in total. The molecule has 0 aromatic carbocycles. The second kappa shape index (κ2) is 5.79. The summed E-state index contributed by atoms with van der Waals surface area (Å²) in [6.07, 6.45) is 5.76. The summed E-state index contributed by atoms with van der Waals surface area (Å²) in [6, 6.07) is 0. The zero-order valence-corrected chi connectivity index (χ0v) is 17.2. The van der Waals surface area contributed by atoms with Gasteiger partial charge in [0.2, 0.25) is 0 Å². The normalized spacial score (nSPS) is 54.6. The van der Waals surface area contributed by atoms with Crippen LogP contribution >= 0.6 is 0 Å². The lowest BCUT2D eigenvalue weighted by molar-refractivity contribution is -0.225. The average Bonchev–Trinajstić information content (AvgIpc) is 3.13. The van der Waals surface area contributed by atoms with E-state index >= 15 is 0 Å². The van der Waals surface area contributed by atoms with Crippen molar-refractivity contribution in [2.45, 2.75) is 82.2 Å². The molecule has 0 amide bonds. The van der Waals surface area contributed by atoms with E-state index in [0.29, 0.717) is 19.3 Å². The molecule has 1 N–H and O–H groups in total. The maximum atomic E-state index is 12.5. The molecule has 0 aromatic rings. The van der Waals surface area contributed by atoms with Crippen LogP contribution in [0.5, 0.6) is 0 Å². The molecule has 4 saturated carbocycles. The monoisotopic (exact) mass is 392 g/mol. The van der Waals surface area contributed by atoms with Gasteiger partial charge in [-0.05, 0) is 56.3 Å². The summed E-state index contributed by atoms with van der Waals surface area (Å²) in [4.78, 5) is 24.7. The predicted octanol–water partition coefficient (Wildman–Crippen LogP) is 2.61. The summed E-state index contributed by atoms with van der Waals surface area (Å²) < 4.78 is 17.8. The highest BCUT2D eigenvalue weighted by Gasteiger charge is 2.79. The largest absolute Gasteiger partial charge is 0.469 e. The van der Waals surface area contributed by atoms with Crippen LogP contribution < -0.4 is 0 Å². The fourth-order valence-corrected chi connectivity index (χ4v) is 8.57. The molecule has 6 heteroatoms. The van der Waals surface area contributed by atoms with Crippen molar-refractivity contribution >= 4 is 11.8 Å². The van der Waals surface area contributed by atoms with Crippen LogP contribution in [0.4, 0.5) is 0 Å². The van der Waals surface area contributed by atoms with Gasteiger partial charge in [-0.15, -0.1) is 0 Å². The molecule has 1 spiro atoms. The van der Waals surface area contributed by atoms with E-state index in [0.717, 1.165) is 32.1 Å². The lowest BCUT2D eigenvalue weighted by Gasteiger charge is -2.62. The second-order valence-electron chi connectivity index (χ2n) is 10.2. The molecule has 4 aliphatic carbocycles. The zero-order valence-electron chi connectivity index (χ0n) is 17.2. The lowest BCUT2D eigenvalue weighted by Crippen LogP contribution is -2.67. The van der Waals surface area contributed by atoms with Crippen molar-refractivity contribution in [2.24, 2.45) is 28.6 Å². The standard InChI is InChI=1S/C22H32O6/c1-19-8-7-16-21-9-6-13(23)12-20(21,25)10-11-22(16,28-18(21)27-3)15(19)5-4-14(19)17(24)26-2/h14-16,18,25H,4-12H2,1-3H3/t14-,15-,16-,18+,19-,20+,21-,22-/m1/s1. The summed E-state index contributed by atoms with van der Waals surface area (Å²) in [6.45, 7) is 2.23. The number of hydrogen-bond acceptors (Lipinski definition) is 6. The lowest BCUT2D eigenvalue weighted by atomic mass is 9.42. The van der Waals surface area contributed by atoms with Crippen molar-refractivity contribution in [3.63, 3.8) is 0 Å². The van der Waals surface area contributed by atoms with Gasteiger partial charge in [0.25, 0.3) is 0 Å². The fourth-order valence-electron chi connectivity index (χ4n) is 8.57. The van der Waals surface area contributed by atoms with Crippen molar-refractivity contribution in [3.8, 4) is 0 Å². The predicted molar refractivity (Wildman–Crippen MR) is 99.1 cm³/mol. The Morgan fingerprint density at radius 2 is 1.89 bits per heavy atom. The maximum absolute atomic E-state index is 12.5. The number of methoxy groups -OCH3 is 2. The summed E-state index contributed by atoms with van der Waals surface area (Å²) in [5, 5.41) is 11.7. The molecule has 1 heterocycles. The van der Waals surface area contributed by atoms with Crippen LogP contribution in [0.25, 0.3) is 0 Å². The summed E-state index contributed by atoms with van der Waals surface area (Å²) in [5.74, 6) is 0.377. The number of esters is 1. The minimum atomic E-state index is -1.04. The third-order valence-electron chi connectivity index (χ3n) is 9.66. The first-order valence-corrected chi connectivity index (χ1v) is 10.8. The molecule has 5 aliphatic rings. The highest BCUT2D eigenvalue weighted by Crippen LogP contribution is 2.75. The van der Waals surface area contributed by atoms with Crippen LogP contribution in [0.3, 0.4) is 0 Å². The van der Waals surface area contributed by atoms with Crippen LogP contribution in [0.15, 0.2) is 0 Å². The molecular weight excluding hydrogens is 360 g/mol. The average molecular weight is 392 g/mol. The van der Waals surface area contributed by atoms with E-state index in [1.807, 2.05) is 0 Å². The molecule has 156 valence electrons. The van der Waals surface area contributed by atoms with E-state index in [4.69, 9.17) is 14.2 Å². The van der Waals surface area contributed by atoms with E-state index < -0.39 is 17.3 Å². The molecule has 0 radical (unpaired) electrons. The molecular formula is C22H32O6. The van der Waals surface area contributed by atoms with E-state index in [1.165, 1.54) is 7.11 Å². The van der Waals surface area contributed by atoms with Crippen LogP contribution in [-0.4, -0.2) is 48.6 Å². The zero-order chi connectivity index (χ0) is 19.9. The number of aliphatic hydroxyl groups is 1. The van der Waals surface area contributed by atoms with Gasteiger partial charge in [-0.2, -0.15) is 0 Å². The van der Waals surface area contributed by atoms with E-state index in [1.54, 1.807) is 7.11 Å². The Morgan fingerprint density at radius 1 is 1.11 bits per heavy atom. The van der Waals surface area contributed by atoms with Gasteiger partial charge in [-0.3, -0.25) is 9.59 Å². The number of carbonyl (C=O) groups excluding carboxylic acids is 2. The van der Waals surface area contributed by atoms with Crippen molar-refractivity contribution in [3.05, 3.63) is 0 Å². The van der Waals surface area contributed by atoms with Gasteiger partial charge in [0, 0.05) is 25.9 Å². The molecule has 1 aliphatic heterocycles. The molecule has 8 atom stereocenters. The molecule has 0 unspecified atom stereocenters. The number of rotatable bonds is 2. The topological polar surface area (TPSA) is 82.1 Å². The van der Waals surface area contributed by atoms with Crippen molar-refractivity contribution in [1.82, 2.24) is 0 Å². The third-order valence-corrected chi connectivity index (χ3v) is 9.66. The summed E-state index contributed by atoms with van der Waals surface area (Å²) in [5.41, 5.74) is -2.07. The molecule has 2 bridgehead atoms. The number of ether oxygens (including phenoxy) is 3. The van der Waals surface area contributed by atoms with Crippen molar-refractivity contribution in [1.29, 1.82) is 0 Å². The Kier molecular flexibility index (Phi) is 3.93. The Bertz CT molecular complexity index is 722. The molecule has 5 fully saturated rings. The molecule has 5 rings (SSSR count). The van der Waals surface area contributed by atoms with Crippen LogP contribution in [0.1, 0.15) is 64.7 Å². The highest BCUT2D eigenvalue weighted by molar-refractivity contribution is 5.81. The molecule has 1 saturated heterocycles. The Hall–Kier alpha value is -0.980. The Morgan fingerprint density at radius 3 is 2.61 bits per heavy atom. The van der Waals surface area contributed by atoms with Crippen molar-refractivity contribution in [2.75, 3.05) is 14.2 Å². The van der Waals surface area contributed by atoms with E-state index in [2.05, 4.69) is 6.92 Å². The third kappa shape index (κ3) is 1.95. The van der Waals surface area contributed by atoms with Gasteiger partial charge in [0.1, 0.15) is 5.78 Å². The minimum Gasteiger partial charge on any atom is -0.469 e. The van der Waals surface area contributed by atoms with Gasteiger partial charge < -0.3 is 19.3 Å². The second-order valence-corrected chi connectivity index (χ2v) is 10.2. The number of Topliss-reactive ketones (excluding diaryl/α,β-unsaturated/α-hetero) is 1. The molecule has 28 heavy (non-hydrogen) atoms. The van der Waals surface area contributed by atoms with Crippen LogP contribution in [0.2, 0.25) is 0 Å². The minimum absolute atomic E-state index is 0.0901. The van der Waals surface area contributed by atoms with Gasteiger partial charge in [0.15, 0.2) is 6.29 Å². The smallest absolute Gasteiger partial charge is 0.309 e. The summed E-state index contributed by atoms with van der Waals surface area (Å²) >= 11 is 0. The van der Waals surface area contributed by atoms with Crippen molar-refractivity contribution < 1.29 is 28.9 Å². The first kappa shape index (κ1) is 19.0. The number of hydrogen-bond donors (Lipinski definition) is 1. The van der Waals surface area contributed by atoms with E-state index in [-0.39, 0.29) is 46.9 Å². The fraction of sp³-hybridized carbons (Fsp3) is 0.909. The van der Waals surface area contributed by atoms with Gasteiger partial charge in [0.05, 0.1) is 29.6 Å². The first-order valence-electron chi connectivity index (χ1n) is 10.8. The number of fused-ring (bicyclic) bond motifs is 1. The first-order chi connectivity index (χ1) is 13.3. The van der Waals surface area contributed by atoms with E-state index in [9.17, 15) is 14.7 Å². The van der Waals surface area contributed by atoms with Gasteiger partial charge in [-0.25, -0.2) is 0 Å².